The van der Waals surface area contributed by atoms with Crippen LogP contribution in [-0.4, -0.2) is 11.3 Å². The largest absolute Gasteiger partial charge is 0.389 e. The van der Waals surface area contributed by atoms with Crippen LogP contribution in [0.5, 0.6) is 0 Å². The first kappa shape index (κ1) is 14.3. The molecule has 1 aromatic rings. The molecule has 0 saturated carbocycles. The molecule has 1 rings (SSSR count). The van der Waals surface area contributed by atoms with Gasteiger partial charge in [0.05, 0.1) is 6.10 Å². The summed E-state index contributed by atoms with van der Waals surface area (Å²) in [5.41, 5.74) is 1.42. The van der Waals surface area contributed by atoms with E-state index in [1.54, 1.807) is 25.1 Å². The van der Waals surface area contributed by atoms with Gasteiger partial charge in [0.25, 0.3) is 0 Å². The van der Waals surface area contributed by atoms with Crippen LogP contribution in [0.4, 0.5) is 13.2 Å². The van der Waals surface area contributed by atoms with E-state index in [-0.39, 0.29) is 12.8 Å². The zero-order chi connectivity index (χ0) is 13.1. The van der Waals surface area contributed by atoms with Gasteiger partial charge in [0.1, 0.15) is 0 Å². The molecule has 0 amide bonds. The zero-order valence-electron chi connectivity index (χ0n) is 9.39. The van der Waals surface area contributed by atoms with Crippen molar-refractivity contribution in [3.63, 3.8) is 0 Å². The van der Waals surface area contributed by atoms with Crippen molar-refractivity contribution < 1.29 is 18.3 Å². The van der Waals surface area contributed by atoms with E-state index in [1.807, 2.05) is 0 Å². The van der Waals surface area contributed by atoms with E-state index in [1.165, 1.54) is 0 Å². The van der Waals surface area contributed by atoms with Gasteiger partial charge in [0, 0.05) is 11.4 Å². The Labute approximate surface area is 103 Å². The fourth-order valence-electron chi connectivity index (χ4n) is 1.62. The topological polar surface area (TPSA) is 20.2 Å². The van der Waals surface area contributed by atoms with Crippen LogP contribution in [0.15, 0.2) is 18.2 Å². The lowest BCUT2D eigenvalue weighted by Gasteiger charge is -2.14. The molecule has 17 heavy (non-hydrogen) atoms. The van der Waals surface area contributed by atoms with E-state index in [0.29, 0.717) is 10.6 Å². The van der Waals surface area contributed by atoms with Gasteiger partial charge >= 0.3 is 6.18 Å². The highest BCUT2D eigenvalue weighted by Gasteiger charge is 2.26. The molecule has 1 atom stereocenters. The summed E-state index contributed by atoms with van der Waals surface area (Å²) >= 11 is 5.78. The highest BCUT2D eigenvalue weighted by Crippen LogP contribution is 2.28. The molecule has 0 aliphatic carbocycles. The summed E-state index contributed by atoms with van der Waals surface area (Å²) in [4.78, 5) is 0. The summed E-state index contributed by atoms with van der Waals surface area (Å²) < 4.78 is 35.8. The van der Waals surface area contributed by atoms with Gasteiger partial charge in [0.15, 0.2) is 0 Å². The molecule has 0 aliphatic rings. The van der Waals surface area contributed by atoms with Gasteiger partial charge in [0.2, 0.25) is 0 Å². The second kappa shape index (κ2) is 5.74. The number of rotatable bonds is 4. The second-order valence-electron chi connectivity index (χ2n) is 4.02. The molecule has 0 aromatic heterocycles. The molecule has 1 unspecified atom stereocenters. The fraction of sp³-hybridized carbons (Fsp3) is 0.500. The fourth-order valence-corrected chi connectivity index (χ4v) is 1.80. The van der Waals surface area contributed by atoms with Gasteiger partial charge in [-0.25, -0.2) is 0 Å². The minimum atomic E-state index is -4.16. The van der Waals surface area contributed by atoms with Crippen LogP contribution in [0.25, 0.3) is 0 Å². The lowest BCUT2D eigenvalue weighted by Crippen LogP contribution is -2.08. The molecule has 0 aliphatic heterocycles. The molecule has 0 heterocycles. The van der Waals surface area contributed by atoms with Gasteiger partial charge in [-0.05, 0) is 43.0 Å². The first-order valence-corrected chi connectivity index (χ1v) is 5.68. The average Bonchev–Trinajstić information content (AvgIpc) is 2.19. The molecule has 96 valence electrons. The molecule has 1 nitrogen and oxygen atoms in total. The summed E-state index contributed by atoms with van der Waals surface area (Å²) in [6, 6.07) is 5.02. The third-order valence-electron chi connectivity index (χ3n) is 2.54. The van der Waals surface area contributed by atoms with E-state index in [2.05, 4.69) is 0 Å². The van der Waals surface area contributed by atoms with Crippen LogP contribution in [0.1, 0.15) is 36.5 Å². The summed E-state index contributed by atoms with van der Waals surface area (Å²) in [6.45, 7) is 1.79. The maximum absolute atomic E-state index is 11.9. The Morgan fingerprint density at radius 3 is 2.59 bits per heavy atom. The van der Waals surface area contributed by atoms with Crippen LogP contribution in [-0.2, 0) is 0 Å². The SMILES string of the molecule is Cc1ccc(Cl)cc1C(O)CCCC(F)(F)F. The third-order valence-corrected chi connectivity index (χ3v) is 2.77. The predicted octanol–water partition coefficient (Wildman–Crippen LogP) is 4.41. The number of hydrogen-bond acceptors (Lipinski definition) is 1. The van der Waals surface area contributed by atoms with Crippen molar-refractivity contribution in [2.45, 2.75) is 38.5 Å². The number of aliphatic hydroxyl groups excluding tert-OH is 1. The minimum absolute atomic E-state index is 0.0840. The Morgan fingerprint density at radius 2 is 2.00 bits per heavy atom. The van der Waals surface area contributed by atoms with Crippen molar-refractivity contribution in [2.75, 3.05) is 0 Å². The Balaban J connectivity index is 2.58. The quantitative estimate of drug-likeness (QED) is 0.856. The van der Waals surface area contributed by atoms with Crippen LogP contribution in [0.3, 0.4) is 0 Å². The van der Waals surface area contributed by atoms with Crippen LogP contribution in [0.2, 0.25) is 5.02 Å². The van der Waals surface area contributed by atoms with E-state index in [4.69, 9.17) is 11.6 Å². The number of aliphatic hydroxyl groups is 1. The molecular formula is C12H14ClF3O. The number of alkyl halides is 3. The Morgan fingerprint density at radius 1 is 1.35 bits per heavy atom. The van der Waals surface area contributed by atoms with Crippen LogP contribution in [0, 0.1) is 6.92 Å². The molecular weight excluding hydrogens is 253 g/mol. The summed E-state index contributed by atoms with van der Waals surface area (Å²) in [7, 11) is 0. The van der Waals surface area contributed by atoms with Crippen LogP contribution >= 0.6 is 11.6 Å². The predicted molar refractivity (Wildman–Crippen MR) is 61.1 cm³/mol. The van der Waals surface area contributed by atoms with E-state index >= 15 is 0 Å². The first-order chi connectivity index (χ1) is 7.79. The highest BCUT2D eigenvalue weighted by atomic mass is 35.5. The Hall–Kier alpha value is -0.740. The van der Waals surface area contributed by atoms with Crippen molar-refractivity contribution in [3.8, 4) is 0 Å². The molecule has 1 aromatic carbocycles. The number of aryl methyl sites for hydroxylation is 1. The Bertz CT molecular complexity index is 377. The van der Waals surface area contributed by atoms with Crippen LogP contribution < -0.4 is 0 Å². The molecule has 1 N–H and O–H groups in total. The number of hydrogen-bond donors (Lipinski definition) is 1. The van der Waals surface area contributed by atoms with Crippen molar-refractivity contribution in [1.29, 1.82) is 0 Å². The minimum Gasteiger partial charge on any atom is -0.388 e. The number of benzene rings is 1. The summed E-state index contributed by atoms with van der Waals surface area (Å²) in [5, 5.41) is 10.3. The second-order valence-corrected chi connectivity index (χ2v) is 4.46. The maximum Gasteiger partial charge on any atom is 0.389 e. The highest BCUT2D eigenvalue weighted by molar-refractivity contribution is 6.30. The summed E-state index contributed by atoms with van der Waals surface area (Å²) in [5.74, 6) is 0. The lowest BCUT2D eigenvalue weighted by molar-refractivity contribution is -0.136. The average molecular weight is 267 g/mol. The van der Waals surface area contributed by atoms with E-state index in [9.17, 15) is 18.3 Å². The van der Waals surface area contributed by atoms with Crippen molar-refractivity contribution in [3.05, 3.63) is 34.3 Å². The molecule has 5 heteroatoms. The van der Waals surface area contributed by atoms with Gasteiger partial charge < -0.3 is 5.11 Å². The molecule has 0 bridgehead atoms. The number of halogens is 4. The van der Waals surface area contributed by atoms with Gasteiger partial charge in [-0.1, -0.05) is 17.7 Å². The van der Waals surface area contributed by atoms with Gasteiger partial charge in [-0.2, -0.15) is 13.2 Å². The zero-order valence-corrected chi connectivity index (χ0v) is 10.1. The summed E-state index contributed by atoms with van der Waals surface area (Å²) in [6.07, 6.45) is -5.93. The lowest BCUT2D eigenvalue weighted by atomic mass is 9.99. The molecule has 0 spiro atoms. The normalized spacial score (nSPS) is 13.8. The van der Waals surface area contributed by atoms with Crippen molar-refractivity contribution in [1.82, 2.24) is 0 Å². The molecule has 0 radical (unpaired) electrons. The Kier molecular flexibility index (Phi) is 4.83. The molecule has 0 fully saturated rings. The van der Waals surface area contributed by atoms with Crippen molar-refractivity contribution in [2.24, 2.45) is 0 Å². The van der Waals surface area contributed by atoms with Gasteiger partial charge in [-0.15, -0.1) is 0 Å². The first-order valence-electron chi connectivity index (χ1n) is 5.30. The maximum atomic E-state index is 11.9. The van der Waals surface area contributed by atoms with Crippen molar-refractivity contribution >= 4 is 11.6 Å². The van der Waals surface area contributed by atoms with E-state index < -0.39 is 18.7 Å². The van der Waals surface area contributed by atoms with Gasteiger partial charge in [-0.3, -0.25) is 0 Å². The third kappa shape index (κ3) is 4.96. The van der Waals surface area contributed by atoms with E-state index in [0.717, 1.165) is 5.56 Å². The standard InChI is InChI=1S/C12H14ClF3O/c1-8-4-5-9(13)7-10(8)11(17)3-2-6-12(14,15)16/h4-5,7,11,17H,2-3,6H2,1H3. The molecule has 0 saturated heterocycles. The smallest absolute Gasteiger partial charge is 0.388 e. The monoisotopic (exact) mass is 266 g/mol.